The predicted molar refractivity (Wildman–Crippen MR) is 77.1 cm³/mol. The van der Waals surface area contributed by atoms with Gasteiger partial charge in [0, 0.05) is 17.9 Å². The van der Waals surface area contributed by atoms with Gasteiger partial charge in [0.15, 0.2) is 0 Å². The highest BCUT2D eigenvalue weighted by Crippen LogP contribution is 2.57. The molecule has 20 heavy (non-hydrogen) atoms. The highest BCUT2D eigenvalue weighted by molar-refractivity contribution is 5.90. The van der Waals surface area contributed by atoms with Gasteiger partial charge in [0.25, 0.3) is 0 Å². The van der Waals surface area contributed by atoms with Crippen molar-refractivity contribution in [2.24, 2.45) is 17.1 Å². The summed E-state index contributed by atoms with van der Waals surface area (Å²) in [6.07, 6.45) is 1.29. The second-order valence-electron chi connectivity index (χ2n) is 7.48. The first-order valence-corrected chi connectivity index (χ1v) is 7.46. The summed E-state index contributed by atoms with van der Waals surface area (Å²) in [6.45, 7) is 10.0. The van der Waals surface area contributed by atoms with Crippen LogP contribution in [-0.4, -0.2) is 40.9 Å². The molecule has 0 aromatic rings. The molecule has 116 valence electrons. The molecule has 2 rings (SSSR count). The van der Waals surface area contributed by atoms with Crippen molar-refractivity contribution < 1.29 is 14.6 Å². The fourth-order valence-corrected chi connectivity index (χ4v) is 3.54. The Morgan fingerprint density at radius 2 is 2.10 bits per heavy atom. The van der Waals surface area contributed by atoms with E-state index in [2.05, 4.69) is 5.32 Å². The second-order valence-corrected chi connectivity index (χ2v) is 7.48. The van der Waals surface area contributed by atoms with Crippen LogP contribution in [-0.2, 0) is 9.53 Å². The summed E-state index contributed by atoms with van der Waals surface area (Å²) in [6, 6.07) is 0. The van der Waals surface area contributed by atoms with Crippen molar-refractivity contribution in [2.45, 2.75) is 70.7 Å². The van der Waals surface area contributed by atoms with Crippen LogP contribution >= 0.6 is 0 Å². The van der Waals surface area contributed by atoms with Crippen molar-refractivity contribution in [3.63, 3.8) is 0 Å². The molecule has 2 fully saturated rings. The van der Waals surface area contributed by atoms with Gasteiger partial charge in [0.2, 0.25) is 5.91 Å². The van der Waals surface area contributed by atoms with Crippen LogP contribution in [0.25, 0.3) is 0 Å². The van der Waals surface area contributed by atoms with Crippen molar-refractivity contribution >= 4 is 5.91 Å². The SMILES string of the molecule is CC(O)C(C)(C)NC(=O)C1(N)C2CCCOC2C1(C)C. The van der Waals surface area contributed by atoms with E-state index in [0.717, 1.165) is 19.4 Å². The van der Waals surface area contributed by atoms with Gasteiger partial charge in [-0.3, -0.25) is 4.79 Å². The van der Waals surface area contributed by atoms with E-state index >= 15 is 0 Å². The maximum absolute atomic E-state index is 12.7. The van der Waals surface area contributed by atoms with Gasteiger partial charge in [-0.25, -0.2) is 0 Å². The van der Waals surface area contributed by atoms with Crippen LogP contribution < -0.4 is 11.1 Å². The molecule has 1 saturated carbocycles. The Balaban J connectivity index is 2.20. The molecule has 1 heterocycles. The number of hydrogen-bond acceptors (Lipinski definition) is 4. The average molecular weight is 284 g/mol. The first-order valence-electron chi connectivity index (χ1n) is 7.46. The van der Waals surface area contributed by atoms with Crippen molar-refractivity contribution in [2.75, 3.05) is 6.61 Å². The topological polar surface area (TPSA) is 84.6 Å². The van der Waals surface area contributed by atoms with Crippen LogP contribution in [0.1, 0.15) is 47.5 Å². The number of nitrogens with two attached hydrogens (primary N) is 1. The molecule has 4 N–H and O–H groups in total. The maximum atomic E-state index is 12.7. The molecular weight excluding hydrogens is 256 g/mol. The quantitative estimate of drug-likeness (QED) is 0.715. The number of carbonyl (C=O) groups excluding carboxylic acids is 1. The first-order chi connectivity index (χ1) is 9.05. The molecule has 1 aliphatic heterocycles. The van der Waals surface area contributed by atoms with Gasteiger partial charge in [-0.15, -0.1) is 0 Å². The monoisotopic (exact) mass is 284 g/mol. The van der Waals surface area contributed by atoms with Crippen molar-refractivity contribution in [1.82, 2.24) is 5.32 Å². The van der Waals surface area contributed by atoms with E-state index in [0.29, 0.717) is 0 Å². The predicted octanol–water partition coefficient (Wildman–Crippen LogP) is 0.794. The van der Waals surface area contributed by atoms with Crippen molar-refractivity contribution in [1.29, 1.82) is 0 Å². The number of aliphatic hydroxyl groups is 1. The van der Waals surface area contributed by atoms with Gasteiger partial charge in [-0.2, -0.15) is 0 Å². The Kier molecular flexibility index (Phi) is 3.68. The fraction of sp³-hybridized carbons (Fsp3) is 0.933. The van der Waals surface area contributed by atoms with Crippen LogP contribution in [0.3, 0.4) is 0 Å². The molecule has 1 amide bonds. The van der Waals surface area contributed by atoms with Gasteiger partial charge >= 0.3 is 0 Å². The molecule has 1 saturated heterocycles. The summed E-state index contributed by atoms with van der Waals surface area (Å²) in [5.41, 5.74) is 4.50. The molecule has 0 aromatic heterocycles. The van der Waals surface area contributed by atoms with E-state index in [1.807, 2.05) is 13.8 Å². The summed E-state index contributed by atoms with van der Waals surface area (Å²) >= 11 is 0. The molecule has 0 bridgehead atoms. The molecule has 0 aromatic carbocycles. The Hall–Kier alpha value is -0.650. The van der Waals surface area contributed by atoms with E-state index in [1.165, 1.54) is 0 Å². The van der Waals surface area contributed by atoms with Crippen LogP contribution in [0.15, 0.2) is 0 Å². The maximum Gasteiger partial charge on any atom is 0.241 e. The third kappa shape index (κ3) is 1.98. The number of fused-ring (bicyclic) bond motifs is 1. The van der Waals surface area contributed by atoms with Gasteiger partial charge in [-0.1, -0.05) is 13.8 Å². The Bertz CT molecular complexity index is 406. The number of amides is 1. The molecule has 0 spiro atoms. The van der Waals surface area contributed by atoms with Gasteiger partial charge in [0.1, 0.15) is 5.54 Å². The van der Waals surface area contributed by atoms with E-state index in [9.17, 15) is 9.90 Å². The van der Waals surface area contributed by atoms with Crippen LogP contribution in [0, 0.1) is 11.3 Å². The van der Waals surface area contributed by atoms with Gasteiger partial charge in [0.05, 0.1) is 17.7 Å². The molecular formula is C15H28N2O3. The standard InChI is InChI=1S/C15H28N2O3/c1-9(18)14(4,5)17-12(19)15(16)10-7-6-8-20-11(10)13(15,2)3/h9-11,18H,6-8,16H2,1-5H3,(H,17,19). The van der Waals surface area contributed by atoms with Gasteiger partial charge in [-0.05, 0) is 33.6 Å². The highest BCUT2D eigenvalue weighted by Gasteiger charge is 2.70. The largest absolute Gasteiger partial charge is 0.391 e. The third-order valence-electron chi connectivity index (χ3n) is 5.54. The smallest absolute Gasteiger partial charge is 0.241 e. The fourth-order valence-electron chi connectivity index (χ4n) is 3.54. The Morgan fingerprint density at radius 1 is 1.50 bits per heavy atom. The summed E-state index contributed by atoms with van der Waals surface area (Å²) < 4.78 is 5.81. The van der Waals surface area contributed by atoms with Crippen molar-refractivity contribution in [3.05, 3.63) is 0 Å². The number of hydrogen-bond donors (Lipinski definition) is 3. The second kappa shape index (κ2) is 4.68. The number of nitrogens with one attached hydrogen (secondary N) is 1. The lowest BCUT2D eigenvalue weighted by molar-refractivity contribution is -0.226. The average Bonchev–Trinajstić information content (AvgIpc) is 2.36. The van der Waals surface area contributed by atoms with Crippen LogP contribution in [0.2, 0.25) is 0 Å². The lowest BCUT2D eigenvalue weighted by Gasteiger charge is -2.65. The number of carbonyl (C=O) groups is 1. The third-order valence-corrected chi connectivity index (χ3v) is 5.54. The summed E-state index contributed by atoms with van der Waals surface area (Å²) in [7, 11) is 0. The zero-order valence-corrected chi connectivity index (χ0v) is 13.2. The Morgan fingerprint density at radius 3 is 2.65 bits per heavy atom. The van der Waals surface area contributed by atoms with Crippen LogP contribution in [0.5, 0.6) is 0 Å². The molecule has 2 aliphatic rings. The number of ether oxygens (including phenoxy) is 1. The molecule has 5 heteroatoms. The number of rotatable bonds is 3. The highest BCUT2D eigenvalue weighted by atomic mass is 16.5. The van der Waals surface area contributed by atoms with E-state index in [1.54, 1.807) is 20.8 Å². The lowest BCUT2D eigenvalue weighted by Crippen LogP contribution is -2.83. The molecule has 1 aliphatic carbocycles. The van der Waals surface area contributed by atoms with E-state index in [4.69, 9.17) is 10.5 Å². The van der Waals surface area contributed by atoms with Gasteiger partial charge < -0.3 is 20.9 Å². The minimum atomic E-state index is -0.926. The first kappa shape index (κ1) is 15.7. The zero-order chi connectivity index (χ0) is 15.3. The lowest BCUT2D eigenvalue weighted by atomic mass is 9.46. The summed E-state index contributed by atoms with van der Waals surface area (Å²) in [5, 5.41) is 12.7. The number of aliphatic hydroxyl groups excluding tert-OH is 1. The zero-order valence-electron chi connectivity index (χ0n) is 13.2. The molecule has 4 unspecified atom stereocenters. The van der Waals surface area contributed by atoms with E-state index < -0.39 is 22.6 Å². The Labute approximate surface area is 121 Å². The normalized spacial score (nSPS) is 37.5. The molecule has 5 nitrogen and oxygen atoms in total. The van der Waals surface area contributed by atoms with E-state index in [-0.39, 0.29) is 17.9 Å². The summed E-state index contributed by atoms with van der Waals surface area (Å²) in [5.74, 6) is -0.115. The summed E-state index contributed by atoms with van der Waals surface area (Å²) in [4.78, 5) is 12.7. The minimum Gasteiger partial charge on any atom is -0.391 e. The van der Waals surface area contributed by atoms with Crippen molar-refractivity contribution in [3.8, 4) is 0 Å². The molecule has 0 radical (unpaired) electrons. The van der Waals surface area contributed by atoms with Crippen LogP contribution in [0.4, 0.5) is 0 Å². The minimum absolute atomic E-state index is 0.0571. The molecule has 4 atom stereocenters.